The monoisotopic (exact) mass is 539 g/mol. The van der Waals surface area contributed by atoms with Crippen molar-refractivity contribution in [3.05, 3.63) is 108 Å². The fourth-order valence-corrected chi connectivity index (χ4v) is 4.20. The van der Waals surface area contributed by atoms with Gasteiger partial charge >= 0.3 is 0 Å². The van der Waals surface area contributed by atoms with Gasteiger partial charge in [-0.25, -0.2) is 0 Å². The highest BCUT2D eigenvalue weighted by atomic mass is 14.9. The molecule has 0 bridgehead atoms. The van der Waals surface area contributed by atoms with Crippen molar-refractivity contribution in [1.82, 2.24) is 4.57 Å². The van der Waals surface area contributed by atoms with E-state index in [1.54, 1.807) is 0 Å². The average molecular weight is 540 g/mol. The zero-order valence-electron chi connectivity index (χ0n) is 27.9. The number of aromatic nitrogens is 1. The number of rotatable bonds is 0. The molecule has 0 amide bonds. The lowest BCUT2D eigenvalue weighted by Gasteiger charge is -2.05. The van der Waals surface area contributed by atoms with Crippen molar-refractivity contribution in [3.63, 3.8) is 0 Å². The topological polar surface area (TPSA) is 4.93 Å². The van der Waals surface area contributed by atoms with Crippen molar-refractivity contribution in [2.75, 3.05) is 0 Å². The Bertz CT molecular complexity index is 1250. The largest absolute Gasteiger partial charge is 0.344 e. The zero-order chi connectivity index (χ0) is 30.7. The van der Waals surface area contributed by atoms with Crippen LogP contribution < -0.4 is 0 Å². The molecule has 1 aliphatic carbocycles. The summed E-state index contributed by atoms with van der Waals surface area (Å²) in [5, 5.41) is 2.68. The number of hydrogen-bond acceptors (Lipinski definition) is 0. The van der Waals surface area contributed by atoms with Crippen LogP contribution in [0.5, 0.6) is 0 Å². The van der Waals surface area contributed by atoms with Gasteiger partial charge in [0.2, 0.25) is 0 Å². The Balaban J connectivity index is 0.000000542. The summed E-state index contributed by atoms with van der Waals surface area (Å²) < 4.78 is 2.24. The fourth-order valence-electron chi connectivity index (χ4n) is 4.20. The summed E-state index contributed by atoms with van der Waals surface area (Å²) in [5.41, 5.74) is 8.85. The molecule has 1 aromatic heterocycles. The molecule has 218 valence electrons. The van der Waals surface area contributed by atoms with Crippen LogP contribution in [-0.4, -0.2) is 4.57 Å². The Hall–Kier alpha value is -3.32. The molecule has 5 aromatic rings. The smallest absolute Gasteiger partial charge is 0.0488 e. The van der Waals surface area contributed by atoms with E-state index in [0.29, 0.717) is 5.41 Å². The lowest BCUT2D eigenvalue weighted by Crippen LogP contribution is -1.93. The molecule has 40 heavy (non-hydrogen) atoms. The summed E-state index contributed by atoms with van der Waals surface area (Å²) in [6, 6.07) is 34.3. The second-order valence-electron chi connectivity index (χ2n) is 10.1. The highest BCUT2D eigenvalue weighted by molar-refractivity contribution is 6.07. The van der Waals surface area contributed by atoms with Crippen LogP contribution in [0.4, 0.5) is 0 Å². The maximum atomic E-state index is 2.24. The minimum absolute atomic E-state index is 0.500. The van der Waals surface area contributed by atoms with E-state index in [4.69, 9.17) is 0 Å². The molecule has 0 saturated carbocycles. The van der Waals surface area contributed by atoms with E-state index in [-0.39, 0.29) is 0 Å². The molecular weight excluding hydrogens is 482 g/mol. The van der Waals surface area contributed by atoms with Gasteiger partial charge < -0.3 is 4.57 Å². The van der Waals surface area contributed by atoms with Crippen LogP contribution >= 0.6 is 0 Å². The number of aryl methyl sites for hydroxylation is 1. The molecule has 0 spiro atoms. The van der Waals surface area contributed by atoms with E-state index >= 15 is 0 Å². The van der Waals surface area contributed by atoms with Gasteiger partial charge in [0.15, 0.2) is 0 Å². The van der Waals surface area contributed by atoms with Gasteiger partial charge in [-0.15, -0.1) is 0 Å². The second-order valence-corrected chi connectivity index (χ2v) is 10.1. The number of nitrogens with zero attached hydrogens (tertiary/aromatic N) is 1. The van der Waals surface area contributed by atoms with Crippen LogP contribution in [0.1, 0.15) is 94.2 Å². The minimum Gasteiger partial charge on any atom is -0.344 e. The van der Waals surface area contributed by atoms with Crippen molar-refractivity contribution in [3.8, 4) is 11.1 Å². The third-order valence-corrected chi connectivity index (χ3v) is 5.53. The van der Waals surface area contributed by atoms with Crippen LogP contribution in [-0.2, 0) is 13.5 Å². The van der Waals surface area contributed by atoms with E-state index < -0.39 is 0 Å². The lowest BCUT2D eigenvalue weighted by atomic mass is 10.0. The normalized spacial score (nSPS) is 10.0. The third kappa shape index (κ3) is 10.7. The first-order valence-corrected chi connectivity index (χ1v) is 15.4. The van der Waals surface area contributed by atoms with Gasteiger partial charge in [-0.3, -0.25) is 0 Å². The predicted octanol–water partition coefficient (Wildman–Crippen LogP) is 12.7. The maximum absolute atomic E-state index is 2.24. The summed E-state index contributed by atoms with van der Waals surface area (Å²) in [6.45, 7) is 24.8. The van der Waals surface area contributed by atoms with Crippen LogP contribution in [0.15, 0.2) is 97.1 Å². The van der Waals surface area contributed by atoms with Gasteiger partial charge in [0.1, 0.15) is 0 Å². The molecule has 0 radical (unpaired) electrons. The summed E-state index contributed by atoms with van der Waals surface area (Å²) >= 11 is 0. The summed E-state index contributed by atoms with van der Waals surface area (Å²) in [5.74, 6) is 0. The van der Waals surface area contributed by atoms with Gasteiger partial charge in [-0.05, 0) is 46.2 Å². The van der Waals surface area contributed by atoms with Crippen LogP contribution in [0, 0.1) is 5.41 Å². The predicted molar refractivity (Wildman–Crippen MR) is 186 cm³/mol. The molecule has 1 nitrogen and oxygen atoms in total. The molecule has 1 heterocycles. The molecule has 0 N–H and O–H groups in total. The highest BCUT2D eigenvalue weighted by Crippen LogP contribution is 2.35. The summed E-state index contributed by atoms with van der Waals surface area (Å²) in [4.78, 5) is 0. The average Bonchev–Trinajstić information content (AvgIpc) is 3.52. The van der Waals surface area contributed by atoms with Crippen LogP contribution in [0.2, 0.25) is 0 Å². The van der Waals surface area contributed by atoms with Crippen molar-refractivity contribution in [1.29, 1.82) is 0 Å². The molecule has 1 aliphatic rings. The fraction of sp³-hybridized carbons (Fsp3) is 0.385. The van der Waals surface area contributed by atoms with E-state index in [2.05, 4.69) is 136 Å². The zero-order valence-corrected chi connectivity index (χ0v) is 27.9. The van der Waals surface area contributed by atoms with Gasteiger partial charge in [0.05, 0.1) is 0 Å². The summed E-state index contributed by atoms with van der Waals surface area (Å²) in [6.07, 6.45) is 1.10. The molecule has 0 aliphatic heterocycles. The SMILES string of the molecule is CC.CC.CC.CC.CC(C)(C)C.Cn1c2ccccc2c2ccccc21.c1ccc2c(c1)Cc1ccccc1-2. The highest BCUT2D eigenvalue weighted by Gasteiger charge is 2.15. The first-order valence-electron chi connectivity index (χ1n) is 15.4. The van der Waals surface area contributed by atoms with Crippen molar-refractivity contribution in [2.45, 2.75) is 89.5 Å². The first kappa shape index (κ1) is 36.7. The Morgan fingerprint density at radius 3 is 1.07 bits per heavy atom. The van der Waals surface area contributed by atoms with E-state index in [1.165, 1.54) is 44.1 Å². The molecule has 4 aromatic carbocycles. The molecule has 0 fully saturated rings. The second kappa shape index (κ2) is 19.7. The third-order valence-electron chi connectivity index (χ3n) is 5.53. The van der Waals surface area contributed by atoms with E-state index in [0.717, 1.165) is 6.42 Å². The van der Waals surface area contributed by atoms with Crippen molar-refractivity contribution < 1.29 is 0 Å². The van der Waals surface area contributed by atoms with Gasteiger partial charge in [-0.1, -0.05) is 168 Å². The Kier molecular flexibility index (Phi) is 18.1. The quantitative estimate of drug-likeness (QED) is 0.181. The molecule has 1 heteroatoms. The Morgan fingerprint density at radius 1 is 0.450 bits per heavy atom. The van der Waals surface area contributed by atoms with Gasteiger partial charge in [0, 0.05) is 28.9 Å². The number of para-hydroxylation sites is 2. The summed E-state index contributed by atoms with van der Waals surface area (Å²) in [7, 11) is 2.12. The van der Waals surface area contributed by atoms with Crippen LogP contribution in [0.3, 0.4) is 0 Å². The Morgan fingerprint density at radius 2 is 0.725 bits per heavy atom. The van der Waals surface area contributed by atoms with Crippen LogP contribution in [0.25, 0.3) is 32.9 Å². The first-order chi connectivity index (χ1) is 19.3. The minimum atomic E-state index is 0.500. The number of hydrogen-bond donors (Lipinski definition) is 0. The molecule has 0 atom stereocenters. The molecular formula is C39H57N. The molecule has 6 rings (SSSR count). The molecule has 0 saturated heterocycles. The van der Waals surface area contributed by atoms with Gasteiger partial charge in [-0.2, -0.15) is 0 Å². The lowest BCUT2D eigenvalue weighted by molar-refractivity contribution is 0.469. The standard InChI is InChI=1S/C13H11N.C13H10.C5H12.4C2H6/c1-14-12-8-4-2-6-10(12)11-7-3-5-9-13(11)14;1-3-7-12-10(5-1)9-11-6-2-4-8-13(11)12;1-5(2,3)4;4*1-2/h2-9H,1H3;1-8H,9H2;1-4H3;4*1-2H3. The number of fused-ring (bicyclic) bond motifs is 6. The Labute approximate surface area is 247 Å². The van der Waals surface area contributed by atoms with E-state index in [1.807, 2.05) is 55.4 Å². The van der Waals surface area contributed by atoms with E-state index in [9.17, 15) is 0 Å². The van der Waals surface area contributed by atoms with Crippen molar-refractivity contribution >= 4 is 21.8 Å². The van der Waals surface area contributed by atoms with Gasteiger partial charge in [0.25, 0.3) is 0 Å². The van der Waals surface area contributed by atoms with Crippen molar-refractivity contribution in [2.24, 2.45) is 12.5 Å². The maximum Gasteiger partial charge on any atom is 0.0488 e. The number of benzene rings is 4. The molecule has 0 unspecified atom stereocenters.